The van der Waals surface area contributed by atoms with Gasteiger partial charge in [-0.25, -0.2) is 9.18 Å². The molecule has 1 atom stereocenters. The van der Waals surface area contributed by atoms with Crippen molar-refractivity contribution in [3.05, 3.63) is 101 Å². The number of rotatable bonds is 9. The standard InChI is InChI=1S/C36H38FNO5/c1-22-31(25-12-15-28(16-13-25)41-20-18-24-9-6-7-11-29(24)37)33(27-14-17-30-26(21-27)10-8-19-42-30)32(23(2)38-22)34(35(39)40)43-36(3,4)5/h6-7,9,11-17,21,34H,8,10,18-20H2,1-5H3,(H,39,40). The zero-order chi connectivity index (χ0) is 30.7. The highest BCUT2D eigenvalue weighted by Gasteiger charge is 2.33. The molecule has 1 unspecified atom stereocenters. The number of hydrogen-bond donors (Lipinski definition) is 1. The predicted octanol–water partition coefficient (Wildman–Crippen LogP) is 8.06. The molecule has 5 rings (SSSR count). The van der Waals surface area contributed by atoms with Crippen LogP contribution in [0.25, 0.3) is 22.3 Å². The van der Waals surface area contributed by atoms with E-state index >= 15 is 0 Å². The third-order valence-electron chi connectivity index (χ3n) is 7.50. The van der Waals surface area contributed by atoms with Gasteiger partial charge in [0.25, 0.3) is 0 Å². The van der Waals surface area contributed by atoms with Crippen LogP contribution in [0.15, 0.2) is 66.7 Å². The summed E-state index contributed by atoms with van der Waals surface area (Å²) in [7, 11) is 0. The van der Waals surface area contributed by atoms with Crippen molar-refractivity contribution in [1.82, 2.24) is 4.98 Å². The van der Waals surface area contributed by atoms with Gasteiger partial charge in [-0.05, 0) is 106 Å². The van der Waals surface area contributed by atoms with Crippen molar-refractivity contribution in [3.8, 4) is 33.8 Å². The minimum Gasteiger partial charge on any atom is -0.493 e. The first-order valence-electron chi connectivity index (χ1n) is 14.7. The van der Waals surface area contributed by atoms with Crippen LogP contribution in [-0.4, -0.2) is 34.9 Å². The number of pyridine rings is 1. The fourth-order valence-electron chi connectivity index (χ4n) is 5.64. The summed E-state index contributed by atoms with van der Waals surface area (Å²) in [5.74, 6) is 0.204. The molecule has 1 aliphatic rings. The molecule has 0 saturated carbocycles. The second kappa shape index (κ2) is 12.6. The van der Waals surface area contributed by atoms with Crippen molar-refractivity contribution in [2.45, 2.75) is 65.6 Å². The van der Waals surface area contributed by atoms with Crippen LogP contribution in [0.3, 0.4) is 0 Å². The number of aromatic nitrogens is 1. The second-order valence-electron chi connectivity index (χ2n) is 11.9. The fraction of sp³-hybridized carbons (Fsp3) is 0.333. The molecule has 2 heterocycles. The van der Waals surface area contributed by atoms with E-state index in [1.807, 2.05) is 77.1 Å². The predicted molar refractivity (Wildman–Crippen MR) is 165 cm³/mol. The van der Waals surface area contributed by atoms with Gasteiger partial charge in [-0.3, -0.25) is 4.98 Å². The van der Waals surface area contributed by atoms with Gasteiger partial charge in [-0.2, -0.15) is 0 Å². The van der Waals surface area contributed by atoms with Crippen LogP contribution in [0.2, 0.25) is 0 Å². The van der Waals surface area contributed by atoms with Crippen LogP contribution >= 0.6 is 0 Å². The highest BCUT2D eigenvalue weighted by molar-refractivity contribution is 5.91. The number of nitrogens with zero attached hydrogens (tertiary/aromatic N) is 1. The Morgan fingerprint density at radius 2 is 1.72 bits per heavy atom. The molecule has 4 aromatic rings. The van der Waals surface area contributed by atoms with Crippen molar-refractivity contribution < 1.29 is 28.5 Å². The molecule has 43 heavy (non-hydrogen) atoms. The van der Waals surface area contributed by atoms with Gasteiger partial charge >= 0.3 is 5.97 Å². The number of aliphatic carboxylic acids is 1. The number of aryl methyl sites for hydroxylation is 3. The summed E-state index contributed by atoms with van der Waals surface area (Å²) in [4.78, 5) is 17.6. The number of fused-ring (bicyclic) bond motifs is 1. The monoisotopic (exact) mass is 583 g/mol. The lowest BCUT2D eigenvalue weighted by atomic mass is 9.85. The summed E-state index contributed by atoms with van der Waals surface area (Å²) in [6, 6.07) is 20.4. The number of benzene rings is 3. The van der Waals surface area contributed by atoms with Gasteiger partial charge in [0, 0.05) is 28.9 Å². The van der Waals surface area contributed by atoms with Crippen LogP contribution < -0.4 is 9.47 Å². The molecule has 0 amide bonds. The first-order chi connectivity index (χ1) is 20.5. The van der Waals surface area contributed by atoms with Crippen molar-refractivity contribution in [2.24, 2.45) is 0 Å². The Hall–Kier alpha value is -4.23. The van der Waals surface area contributed by atoms with Gasteiger partial charge in [0.2, 0.25) is 0 Å². The molecule has 0 saturated heterocycles. The molecular formula is C36H38FNO5. The molecule has 1 aromatic heterocycles. The Labute approximate surface area is 252 Å². The number of carboxylic acid groups (broad SMARTS) is 1. The number of hydrogen-bond acceptors (Lipinski definition) is 5. The van der Waals surface area contributed by atoms with Crippen LogP contribution in [0.5, 0.6) is 11.5 Å². The Balaban J connectivity index is 1.58. The fourth-order valence-corrected chi connectivity index (χ4v) is 5.64. The molecular weight excluding hydrogens is 545 g/mol. The van der Waals surface area contributed by atoms with E-state index in [0.717, 1.165) is 52.1 Å². The summed E-state index contributed by atoms with van der Waals surface area (Å²) in [5, 5.41) is 10.4. The van der Waals surface area contributed by atoms with Crippen molar-refractivity contribution in [2.75, 3.05) is 13.2 Å². The highest BCUT2D eigenvalue weighted by atomic mass is 19.1. The maximum atomic E-state index is 14.0. The van der Waals surface area contributed by atoms with Crippen LogP contribution in [0.1, 0.15) is 61.4 Å². The van der Waals surface area contributed by atoms with Crippen LogP contribution in [-0.2, 0) is 22.4 Å². The maximum absolute atomic E-state index is 14.0. The molecule has 1 N–H and O–H groups in total. The highest BCUT2D eigenvalue weighted by Crippen LogP contribution is 2.44. The molecule has 0 spiro atoms. The van der Waals surface area contributed by atoms with Gasteiger partial charge in [0.05, 0.1) is 18.8 Å². The average molecular weight is 584 g/mol. The van der Waals surface area contributed by atoms with E-state index < -0.39 is 17.7 Å². The molecule has 3 aromatic carbocycles. The Morgan fingerprint density at radius 1 is 1.00 bits per heavy atom. The summed E-state index contributed by atoms with van der Waals surface area (Å²) >= 11 is 0. The van der Waals surface area contributed by atoms with E-state index in [0.29, 0.717) is 42.2 Å². The summed E-state index contributed by atoms with van der Waals surface area (Å²) in [6.07, 6.45) is 1.04. The van der Waals surface area contributed by atoms with E-state index in [2.05, 4.69) is 6.07 Å². The molecule has 6 nitrogen and oxygen atoms in total. The van der Waals surface area contributed by atoms with E-state index in [1.54, 1.807) is 12.1 Å². The smallest absolute Gasteiger partial charge is 0.337 e. The van der Waals surface area contributed by atoms with Crippen molar-refractivity contribution in [3.63, 3.8) is 0 Å². The third kappa shape index (κ3) is 6.89. The normalized spacial score (nSPS) is 13.6. The summed E-state index contributed by atoms with van der Waals surface area (Å²) in [5.41, 5.74) is 6.28. The van der Waals surface area contributed by atoms with Crippen LogP contribution in [0, 0.1) is 19.7 Å². The average Bonchev–Trinajstić information content (AvgIpc) is 2.96. The van der Waals surface area contributed by atoms with E-state index in [-0.39, 0.29) is 5.82 Å². The minimum atomic E-state index is -1.23. The first-order valence-corrected chi connectivity index (χ1v) is 14.7. The van der Waals surface area contributed by atoms with Crippen molar-refractivity contribution >= 4 is 5.97 Å². The number of carbonyl (C=O) groups is 1. The Morgan fingerprint density at radius 3 is 2.42 bits per heavy atom. The zero-order valence-corrected chi connectivity index (χ0v) is 25.4. The Bertz CT molecular complexity index is 1620. The number of ether oxygens (including phenoxy) is 3. The molecule has 1 aliphatic heterocycles. The summed E-state index contributed by atoms with van der Waals surface area (Å²) in [6.45, 7) is 10.3. The van der Waals surface area contributed by atoms with E-state index in [4.69, 9.17) is 19.2 Å². The maximum Gasteiger partial charge on any atom is 0.337 e. The molecule has 0 bridgehead atoms. The Kier molecular flexibility index (Phi) is 8.83. The SMILES string of the molecule is Cc1nc(C)c(C(OC(C)(C)C)C(=O)O)c(-c2ccc3c(c2)CCCO3)c1-c1ccc(OCCc2ccccc2F)cc1. The van der Waals surface area contributed by atoms with Gasteiger partial charge in [0.15, 0.2) is 6.10 Å². The third-order valence-corrected chi connectivity index (χ3v) is 7.50. The molecule has 224 valence electrons. The molecule has 0 aliphatic carbocycles. The number of carboxylic acids is 1. The van der Waals surface area contributed by atoms with Crippen molar-refractivity contribution in [1.29, 1.82) is 0 Å². The topological polar surface area (TPSA) is 77.9 Å². The second-order valence-corrected chi connectivity index (χ2v) is 11.9. The minimum absolute atomic E-state index is 0.240. The lowest BCUT2D eigenvalue weighted by molar-refractivity contribution is -0.160. The van der Waals surface area contributed by atoms with E-state index in [9.17, 15) is 14.3 Å². The number of halogens is 1. The molecule has 7 heteroatoms. The van der Waals surface area contributed by atoms with Gasteiger partial charge in [-0.1, -0.05) is 36.4 Å². The molecule has 0 radical (unpaired) electrons. The lowest BCUT2D eigenvalue weighted by Crippen LogP contribution is -2.28. The first kappa shape index (κ1) is 30.2. The van der Waals surface area contributed by atoms with Gasteiger partial charge in [0.1, 0.15) is 17.3 Å². The largest absolute Gasteiger partial charge is 0.493 e. The zero-order valence-electron chi connectivity index (χ0n) is 25.4. The lowest BCUT2D eigenvalue weighted by Gasteiger charge is -2.29. The van der Waals surface area contributed by atoms with Gasteiger partial charge in [-0.15, -0.1) is 0 Å². The van der Waals surface area contributed by atoms with Crippen LogP contribution in [0.4, 0.5) is 4.39 Å². The van der Waals surface area contributed by atoms with E-state index in [1.165, 1.54) is 6.07 Å². The van der Waals surface area contributed by atoms with Gasteiger partial charge < -0.3 is 19.3 Å². The molecule has 0 fully saturated rings. The quantitative estimate of drug-likeness (QED) is 0.215. The summed E-state index contributed by atoms with van der Waals surface area (Å²) < 4.78 is 32.0.